The third kappa shape index (κ3) is 7.86. The summed E-state index contributed by atoms with van der Waals surface area (Å²) in [5.74, 6) is 4.45. The van der Waals surface area contributed by atoms with Crippen molar-refractivity contribution in [2.75, 3.05) is 43.1 Å². The van der Waals surface area contributed by atoms with Crippen LogP contribution in [0.4, 0.5) is 51.2 Å². The summed E-state index contributed by atoms with van der Waals surface area (Å²) < 4.78 is 42.0. The molecule has 10 nitrogen and oxygen atoms in total. The molecular formula is C52H50BN3O7. The Morgan fingerprint density at radius 3 is 1.05 bits per heavy atom. The molecule has 1 saturated heterocycles. The number of fused-ring (bicyclic) bond motifs is 2. The van der Waals surface area contributed by atoms with Crippen molar-refractivity contribution in [2.45, 2.75) is 38.9 Å². The van der Waals surface area contributed by atoms with Gasteiger partial charge in [0.25, 0.3) is 0 Å². The molecule has 0 N–H and O–H groups in total. The second kappa shape index (κ2) is 16.7. The summed E-state index contributed by atoms with van der Waals surface area (Å²) in [5, 5.41) is 0. The van der Waals surface area contributed by atoms with Gasteiger partial charge in [0.2, 0.25) is 0 Å². The molecule has 7 aromatic carbocycles. The highest BCUT2D eigenvalue weighted by molar-refractivity contribution is 6.62. The summed E-state index contributed by atoms with van der Waals surface area (Å²) >= 11 is 0. The van der Waals surface area contributed by atoms with Crippen LogP contribution in [0.2, 0.25) is 0 Å². The number of hydrogen-bond acceptors (Lipinski definition) is 10. The van der Waals surface area contributed by atoms with Crippen molar-refractivity contribution in [3.05, 3.63) is 158 Å². The predicted octanol–water partition coefficient (Wildman–Crippen LogP) is 12.5. The lowest BCUT2D eigenvalue weighted by atomic mass is 9.79. The fourth-order valence-electron chi connectivity index (χ4n) is 7.92. The van der Waals surface area contributed by atoms with E-state index in [4.69, 9.17) is 33.0 Å². The van der Waals surface area contributed by atoms with Crippen LogP contribution in [0.3, 0.4) is 0 Å². The first-order valence-corrected chi connectivity index (χ1v) is 20.9. The molecule has 0 saturated carbocycles. The zero-order valence-electron chi connectivity index (χ0n) is 36.8. The molecule has 2 aliphatic heterocycles. The van der Waals surface area contributed by atoms with Crippen molar-refractivity contribution >= 4 is 63.8 Å². The summed E-state index contributed by atoms with van der Waals surface area (Å²) in [6, 6.07) is 53.1. The van der Waals surface area contributed by atoms with Crippen LogP contribution >= 0.6 is 0 Å². The number of ether oxygens (including phenoxy) is 5. The van der Waals surface area contributed by atoms with Gasteiger partial charge in [0.05, 0.1) is 51.0 Å². The average Bonchev–Trinajstić information content (AvgIpc) is 3.54. The number of anilines is 9. The lowest BCUT2D eigenvalue weighted by molar-refractivity contribution is 0.00578. The zero-order chi connectivity index (χ0) is 43.9. The summed E-state index contributed by atoms with van der Waals surface area (Å²) in [7, 11) is 6.20. The second-order valence-electron chi connectivity index (χ2n) is 16.4. The van der Waals surface area contributed by atoms with Gasteiger partial charge in [-0.3, -0.25) is 0 Å². The minimum atomic E-state index is -0.484. The molecule has 0 spiro atoms. The molecule has 2 heterocycles. The van der Waals surface area contributed by atoms with Gasteiger partial charge < -0.3 is 47.7 Å². The largest absolute Gasteiger partial charge is 0.497 e. The lowest BCUT2D eigenvalue weighted by Crippen LogP contribution is -2.41. The van der Waals surface area contributed by atoms with E-state index in [2.05, 4.69) is 103 Å². The Morgan fingerprint density at radius 2 is 0.730 bits per heavy atom. The van der Waals surface area contributed by atoms with Crippen LogP contribution in [0.1, 0.15) is 27.7 Å². The van der Waals surface area contributed by atoms with Crippen molar-refractivity contribution in [2.24, 2.45) is 0 Å². The Balaban J connectivity index is 1.17. The molecule has 7 aromatic rings. The molecule has 1 fully saturated rings. The van der Waals surface area contributed by atoms with Gasteiger partial charge in [-0.2, -0.15) is 0 Å². The van der Waals surface area contributed by atoms with E-state index < -0.39 is 18.3 Å². The molecule has 9 rings (SSSR count). The number of nitrogens with zero attached hydrogens (tertiary/aromatic N) is 3. The third-order valence-electron chi connectivity index (χ3n) is 12.1. The van der Waals surface area contributed by atoms with E-state index in [1.54, 1.807) is 28.4 Å². The topological polar surface area (TPSA) is 74.3 Å². The van der Waals surface area contributed by atoms with Crippen molar-refractivity contribution in [3.63, 3.8) is 0 Å². The van der Waals surface area contributed by atoms with Crippen LogP contribution < -0.4 is 43.8 Å². The first kappa shape index (κ1) is 41.3. The number of rotatable bonds is 12. The maximum Gasteiger partial charge on any atom is 0.494 e. The zero-order valence-corrected chi connectivity index (χ0v) is 36.8. The highest BCUT2D eigenvalue weighted by atomic mass is 16.7. The van der Waals surface area contributed by atoms with Crippen LogP contribution in [-0.2, 0) is 9.31 Å². The van der Waals surface area contributed by atoms with Crippen LogP contribution in [0.5, 0.6) is 34.5 Å². The molecule has 0 radical (unpaired) electrons. The third-order valence-corrected chi connectivity index (χ3v) is 12.1. The fraction of sp³-hybridized carbons (Fsp3) is 0.192. The van der Waals surface area contributed by atoms with Crippen LogP contribution in [-0.4, -0.2) is 46.8 Å². The molecule has 0 unspecified atom stereocenters. The monoisotopic (exact) mass is 839 g/mol. The Labute approximate surface area is 369 Å². The van der Waals surface area contributed by atoms with Gasteiger partial charge in [-0.15, -0.1) is 0 Å². The highest BCUT2D eigenvalue weighted by Gasteiger charge is 2.51. The molecule has 0 bridgehead atoms. The summed E-state index contributed by atoms with van der Waals surface area (Å²) in [6.07, 6.45) is 0. The lowest BCUT2D eigenvalue weighted by Gasteiger charge is -2.35. The van der Waals surface area contributed by atoms with E-state index in [1.165, 1.54) is 0 Å². The summed E-state index contributed by atoms with van der Waals surface area (Å²) in [6.45, 7) is 8.28. The predicted molar refractivity (Wildman–Crippen MR) is 252 cm³/mol. The van der Waals surface area contributed by atoms with Crippen molar-refractivity contribution < 1.29 is 33.0 Å². The molecule has 318 valence electrons. The average molecular weight is 840 g/mol. The molecule has 0 aliphatic carbocycles. The molecule has 2 aliphatic rings. The van der Waals surface area contributed by atoms with Crippen LogP contribution in [0.25, 0.3) is 0 Å². The van der Waals surface area contributed by atoms with E-state index in [0.717, 1.165) is 79.6 Å². The molecule has 63 heavy (non-hydrogen) atoms. The van der Waals surface area contributed by atoms with E-state index in [1.807, 2.05) is 97.1 Å². The number of benzene rings is 7. The molecular weight excluding hydrogens is 789 g/mol. The Morgan fingerprint density at radius 1 is 0.413 bits per heavy atom. The molecule has 11 heteroatoms. The summed E-state index contributed by atoms with van der Waals surface area (Å²) in [4.78, 5) is 6.62. The van der Waals surface area contributed by atoms with Crippen molar-refractivity contribution in [1.82, 2.24) is 0 Å². The Kier molecular flexibility index (Phi) is 10.9. The van der Waals surface area contributed by atoms with Gasteiger partial charge in [0, 0.05) is 51.9 Å². The van der Waals surface area contributed by atoms with Gasteiger partial charge in [-0.05, 0) is 167 Å². The van der Waals surface area contributed by atoms with E-state index >= 15 is 0 Å². The minimum Gasteiger partial charge on any atom is -0.497 e. The number of methoxy groups -OCH3 is 4. The standard InChI is InChI=1S/C52H50BN3O7/c1-51(2)52(3,4)63-53(62-51)35-9-11-40(12-10-35)56-47-31-21-41(54(36-13-23-43(57-5)24-14-36)37-15-25-44(58-6)26-16-37)33-49(47)61-50-34-42(22-32-48(50)56)55(38-17-27-45(59-7)28-18-38)39-19-29-46(60-8)30-20-39/h9-34H,1-8H3. The van der Waals surface area contributed by atoms with Crippen LogP contribution in [0, 0.1) is 0 Å². The number of hydrogen-bond donors (Lipinski definition) is 0. The van der Waals surface area contributed by atoms with Gasteiger partial charge in [-0.25, -0.2) is 0 Å². The Bertz CT molecular complexity index is 2450. The van der Waals surface area contributed by atoms with Crippen molar-refractivity contribution in [3.8, 4) is 34.5 Å². The van der Waals surface area contributed by atoms with E-state index in [9.17, 15) is 0 Å². The van der Waals surface area contributed by atoms with Gasteiger partial charge in [0.1, 0.15) is 23.0 Å². The molecule has 0 amide bonds. The maximum absolute atomic E-state index is 7.04. The SMILES string of the molecule is COc1ccc(N(c2ccc(OC)cc2)c2ccc3c(c2)Oc2cc(N(c4ccc(OC)cc4)c4ccc(OC)cc4)ccc2N3c2ccc(B3OC(C)(C)C(C)(C)O3)cc2)cc1. The Hall–Kier alpha value is -7.08. The van der Waals surface area contributed by atoms with Gasteiger partial charge >= 0.3 is 7.12 Å². The minimum absolute atomic E-state index is 0.453. The van der Waals surface area contributed by atoms with Crippen LogP contribution in [0.15, 0.2) is 158 Å². The molecule has 0 aromatic heterocycles. The first-order chi connectivity index (χ1) is 30.5. The summed E-state index contributed by atoms with van der Waals surface area (Å²) in [5.41, 5.74) is 8.35. The quantitative estimate of drug-likeness (QED) is 0.111. The normalized spacial score (nSPS) is 14.5. The van der Waals surface area contributed by atoms with E-state index in [0.29, 0.717) is 11.5 Å². The highest BCUT2D eigenvalue weighted by Crippen LogP contribution is 2.54. The molecule has 0 atom stereocenters. The van der Waals surface area contributed by atoms with Gasteiger partial charge in [-0.1, -0.05) is 12.1 Å². The first-order valence-electron chi connectivity index (χ1n) is 20.9. The fourth-order valence-corrected chi connectivity index (χ4v) is 7.92. The van der Waals surface area contributed by atoms with E-state index in [-0.39, 0.29) is 0 Å². The smallest absolute Gasteiger partial charge is 0.494 e. The van der Waals surface area contributed by atoms with Crippen molar-refractivity contribution in [1.29, 1.82) is 0 Å². The van der Waals surface area contributed by atoms with Gasteiger partial charge in [0.15, 0.2) is 11.5 Å². The maximum atomic E-state index is 7.04. The second-order valence-corrected chi connectivity index (χ2v) is 16.4.